The summed E-state index contributed by atoms with van der Waals surface area (Å²) in [5, 5.41) is 3.42. The van der Waals surface area contributed by atoms with Crippen molar-refractivity contribution >= 4 is 43.5 Å². The number of hydrogen-bond donors (Lipinski definition) is 1. The Kier molecular flexibility index (Phi) is 8.53. The van der Waals surface area contributed by atoms with Crippen LogP contribution in [0.3, 0.4) is 0 Å². The molecule has 3 aromatic rings. The molecule has 0 aliphatic heterocycles. The molecule has 0 fully saturated rings. The fourth-order valence-electron chi connectivity index (χ4n) is 3.32. The van der Waals surface area contributed by atoms with Crippen molar-refractivity contribution in [1.82, 2.24) is 9.62 Å². The molecule has 0 aromatic heterocycles. The molecule has 3 rings (SSSR count). The van der Waals surface area contributed by atoms with Crippen LogP contribution in [0.25, 0.3) is 0 Å². The van der Waals surface area contributed by atoms with Gasteiger partial charge in [-0.2, -0.15) is 4.31 Å². The minimum atomic E-state index is -3.94. The summed E-state index contributed by atoms with van der Waals surface area (Å²) in [7, 11) is -2.38. The van der Waals surface area contributed by atoms with E-state index in [1.54, 1.807) is 43.5 Å². The van der Waals surface area contributed by atoms with E-state index in [1.807, 2.05) is 31.2 Å². The first kappa shape index (κ1) is 25.2. The van der Waals surface area contributed by atoms with E-state index >= 15 is 0 Å². The summed E-state index contributed by atoms with van der Waals surface area (Å²) in [4.78, 5) is 13.0. The van der Waals surface area contributed by atoms with Crippen LogP contribution in [0.2, 0.25) is 5.02 Å². The molecule has 0 saturated heterocycles. The van der Waals surface area contributed by atoms with Gasteiger partial charge in [-0.05, 0) is 55.0 Å². The number of methoxy groups -OCH3 is 1. The molecule has 1 amide bonds. The third kappa shape index (κ3) is 6.57. The highest BCUT2D eigenvalue weighted by Gasteiger charge is 2.27. The summed E-state index contributed by atoms with van der Waals surface area (Å²) < 4.78 is 34.1. The molecule has 0 heterocycles. The van der Waals surface area contributed by atoms with Gasteiger partial charge in [0, 0.05) is 21.6 Å². The average Bonchev–Trinajstić information content (AvgIpc) is 2.80. The maximum Gasteiger partial charge on any atom is 0.243 e. The van der Waals surface area contributed by atoms with Crippen molar-refractivity contribution in [2.45, 2.75) is 24.4 Å². The van der Waals surface area contributed by atoms with Crippen LogP contribution in [0.15, 0.2) is 82.2 Å². The molecule has 0 aliphatic carbocycles. The lowest BCUT2D eigenvalue weighted by molar-refractivity contribution is -0.122. The monoisotopic (exact) mass is 550 g/mol. The highest BCUT2D eigenvalue weighted by Crippen LogP contribution is 2.25. The van der Waals surface area contributed by atoms with Crippen LogP contribution in [0.4, 0.5) is 0 Å². The number of para-hydroxylation sites is 1. The molecule has 6 nitrogen and oxygen atoms in total. The first-order valence-corrected chi connectivity index (χ1v) is 12.7. The number of nitrogens with zero attached hydrogens (tertiary/aromatic N) is 1. The average molecular weight is 552 g/mol. The number of sulfonamides is 1. The minimum Gasteiger partial charge on any atom is -0.496 e. The molecule has 1 N–H and O–H groups in total. The fourth-order valence-corrected chi connectivity index (χ4v) is 5.10. The maximum absolute atomic E-state index is 13.4. The number of carbonyl (C=O) groups excluding carboxylic acids is 1. The van der Waals surface area contributed by atoms with Crippen LogP contribution >= 0.6 is 27.5 Å². The van der Waals surface area contributed by atoms with Crippen molar-refractivity contribution in [3.63, 3.8) is 0 Å². The molecule has 0 radical (unpaired) electrons. The van der Waals surface area contributed by atoms with Crippen molar-refractivity contribution in [2.24, 2.45) is 0 Å². The second-order valence-electron chi connectivity index (χ2n) is 7.38. The van der Waals surface area contributed by atoms with Gasteiger partial charge < -0.3 is 10.1 Å². The smallest absolute Gasteiger partial charge is 0.243 e. The number of ether oxygens (including phenoxy) is 1. The van der Waals surface area contributed by atoms with Gasteiger partial charge in [0.05, 0.1) is 24.6 Å². The Bertz CT molecular complexity index is 1200. The zero-order chi connectivity index (χ0) is 24.0. The Labute approximate surface area is 207 Å². The van der Waals surface area contributed by atoms with Crippen molar-refractivity contribution < 1.29 is 17.9 Å². The van der Waals surface area contributed by atoms with Gasteiger partial charge in [0.2, 0.25) is 15.9 Å². The number of hydrogen-bond acceptors (Lipinski definition) is 4. The van der Waals surface area contributed by atoms with Crippen LogP contribution in [0, 0.1) is 0 Å². The Balaban J connectivity index is 1.84. The van der Waals surface area contributed by atoms with E-state index in [9.17, 15) is 13.2 Å². The van der Waals surface area contributed by atoms with E-state index in [0.717, 1.165) is 14.3 Å². The molecule has 0 saturated carbocycles. The quantitative estimate of drug-likeness (QED) is 0.398. The van der Waals surface area contributed by atoms with Gasteiger partial charge in [-0.25, -0.2) is 8.42 Å². The lowest BCUT2D eigenvalue weighted by atomic mass is 10.1. The molecule has 9 heteroatoms. The fraction of sp³-hybridized carbons (Fsp3) is 0.208. The summed E-state index contributed by atoms with van der Waals surface area (Å²) in [5.74, 6) is 0.217. The Morgan fingerprint density at radius 1 is 1.06 bits per heavy atom. The van der Waals surface area contributed by atoms with E-state index in [1.165, 1.54) is 12.1 Å². The van der Waals surface area contributed by atoms with Crippen LogP contribution < -0.4 is 10.1 Å². The van der Waals surface area contributed by atoms with Crippen molar-refractivity contribution in [2.75, 3.05) is 13.7 Å². The summed E-state index contributed by atoms with van der Waals surface area (Å²) in [6.45, 7) is 1.50. The topological polar surface area (TPSA) is 75.7 Å². The van der Waals surface area contributed by atoms with Crippen LogP contribution in [0.5, 0.6) is 5.75 Å². The van der Waals surface area contributed by atoms with Gasteiger partial charge in [-0.3, -0.25) is 4.79 Å². The second kappa shape index (κ2) is 11.2. The molecular weight excluding hydrogens is 528 g/mol. The van der Waals surface area contributed by atoms with Gasteiger partial charge in [0.1, 0.15) is 5.75 Å². The lowest BCUT2D eigenvalue weighted by Crippen LogP contribution is -2.41. The number of benzene rings is 3. The van der Waals surface area contributed by atoms with Crippen LogP contribution in [0.1, 0.15) is 24.1 Å². The Morgan fingerprint density at radius 2 is 1.70 bits per heavy atom. The van der Waals surface area contributed by atoms with Gasteiger partial charge in [0.25, 0.3) is 0 Å². The minimum absolute atomic E-state index is 0.0199. The SMILES string of the molecule is COc1ccccc1C(C)NC(=O)CN(Cc1ccc(Cl)cc1)S(=O)(=O)c1ccc(Br)cc1. The van der Waals surface area contributed by atoms with E-state index < -0.39 is 15.9 Å². The predicted octanol–water partition coefficient (Wildman–Crippen LogP) is 5.18. The summed E-state index contributed by atoms with van der Waals surface area (Å²) in [6.07, 6.45) is 0. The first-order chi connectivity index (χ1) is 15.7. The van der Waals surface area contributed by atoms with Gasteiger partial charge in [-0.1, -0.05) is 57.9 Å². The molecule has 3 aromatic carbocycles. The van der Waals surface area contributed by atoms with Gasteiger partial charge >= 0.3 is 0 Å². The number of nitrogens with one attached hydrogen (secondary N) is 1. The summed E-state index contributed by atoms with van der Waals surface area (Å²) in [6, 6.07) is 20.1. The first-order valence-electron chi connectivity index (χ1n) is 10.1. The van der Waals surface area contributed by atoms with E-state index in [0.29, 0.717) is 16.3 Å². The number of halogens is 2. The van der Waals surface area contributed by atoms with Gasteiger partial charge in [0.15, 0.2) is 0 Å². The molecule has 0 aliphatic rings. The van der Waals surface area contributed by atoms with E-state index in [2.05, 4.69) is 21.2 Å². The standard InChI is InChI=1S/C24H24BrClN2O4S/c1-17(22-5-3-4-6-23(22)32-2)27-24(29)16-28(15-18-7-11-20(26)12-8-18)33(30,31)21-13-9-19(25)10-14-21/h3-14,17H,15-16H2,1-2H3,(H,27,29). The molecule has 0 spiro atoms. The molecule has 1 atom stereocenters. The van der Waals surface area contributed by atoms with Crippen LogP contribution in [-0.2, 0) is 21.4 Å². The Morgan fingerprint density at radius 3 is 2.33 bits per heavy atom. The largest absolute Gasteiger partial charge is 0.496 e. The van der Waals surface area contributed by atoms with Crippen LogP contribution in [-0.4, -0.2) is 32.3 Å². The maximum atomic E-state index is 13.4. The lowest BCUT2D eigenvalue weighted by Gasteiger charge is -2.24. The summed E-state index contributed by atoms with van der Waals surface area (Å²) >= 11 is 9.28. The third-order valence-electron chi connectivity index (χ3n) is 5.03. The second-order valence-corrected chi connectivity index (χ2v) is 10.7. The molecule has 1 unspecified atom stereocenters. The number of amides is 1. The highest BCUT2D eigenvalue weighted by atomic mass is 79.9. The van der Waals surface area contributed by atoms with Crippen molar-refractivity contribution in [1.29, 1.82) is 0 Å². The normalized spacial score (nSPS) is 12.4. The van der Waals surface area contributed by atoms with E-state index in [-0.39, 0.29) is 24.0 Å². The molecule has 174 valence electrons. The molecular formula is C24H24BrClN2O4S. The van der Waals surface area contributed by atoms with Crippen molar-refractivity contribution in [3.05, 3.63) is 93.4 Å². The highest BCUT2D eigenvalue weighted by molar-refractivity contribution is 9.10. The molecule has 33 heavy (non-hydrogen) atoms. The molecule has 0 bridgehead atoms. The zero-order valence-electron chi connectivity index (χ0n) is 18.2. The predicted molar refractivity (Wildman–Crippen MR) is 133 cm³/mol. The van der Waals surface area contributed by atoms with Crippen molar-refractivity contribution in [3.8, 4) is 5.75 Å². The number of carbonyl (C=O) groups is 1. The zero-order valence-corrected chi connectivity index (χ0v) is 21.3. The number of rotatable bonds is 9. The Hall–Kier alpha value is -2.39. The third-order valence-corrected chi connectivity index (χ3v) is 7.61. The summed E-state index contributed by atoms with van der Waals surface area (Å²) in [5.41, 5.74) is 1.51. The van der Waals surface area contributed by atoms with E-state index in [4.69, 9.17) is 16.3 Å². The van der Waals surface area contributed by atoms with Gasteiger partial charge in [-0.15, -0.1) is 0 Å².